The summed E-state index contributed by atoms with van der Waals surface area (Å²) in [7, 11) is 0. The molecule has 0 aromatic heterocycles. The number of nitrogens with zero attached hydrogens (tertiary/aromatic N) is 1. The van der Waals surface area contributed by atoms with Crippen LogP contribution in [0, 0.1) is 5.92 Å². The predicted octanol–water partition coefficient (Wildman–Crippen LogP) is 4.11. The van der Waals surface area contributed by atoms with E-state index in [0.29, 0.717) is 5.92 Å². The number of hydrogen-bond donors (Lipinski definition) is 1. The summed E-state index contributed by atoms with van der Waals surface area (Å²) in [5.41, 5.74) is 6.04. The van der Waals surface area contributed by atoms with E-state index in [0.717, 1.165) is 30.5 Å². The fourth-order valence-electron chi connectivity index (χ4n) is 2.89. The molecule has 2 atom stereocenters. The second-order valence-electron chi connectivity index (χ2n) is 6.01. The molecule has 3 rings (SSSR count). The molecule has 2 unspecified atom stereocenters. The van der Waals surface area contributed by atoms with Crippen molar-refractivity contribution in [2.24, 2.45) is 11.0 Å². The molecule has 1 N–H and O–H groups in total. The average Bonchev–Trinajstić information content (AvgIpc) is 3.41. The molecule has 118 valence electrons. The average molecular weight is 306 g/mol. The van der Waals surface area contributed by atoms with Crippen LogP contribution in [0.25, 0.3) is 0 Å². The quantitative estimate of drug-likeness (QED) is 0.633. The van der Waals surface area contributed by atoms with E-state index in [9.17, 15) is 4.79 Å². The zero-order valence-electron chi connectivity index (χ0n) is 13.4. The van der Waals surface area contributed by atoms with Crippen LogP contribution in [-0.4, -0.2) is 11.6 Å². The number of hydrazone groups is 1. The molecule has 0 spiro atoms. The summed E-state index contributed by atoms with van der Waals surface area (Å²) in [4.78, 5) is 12.3. The first kappa shape index (κ1) is 15.5. The SMILES string of the molecule is CCC/C(=N\NC(=O)C1CC1c1ccccc1)c1ccccc1. The van der Waals surface area contributed by atoms with Crippen LogP contribution < -0.4 is 5.43 Å². The molecule has 0 saturated heterocycles. The van der Waals surface area contributed by atoms with Crippen LogP contribution in [0.1, 0.15) is 43.2 Å². The van der Waals surface area contributed by atoms with Crippen molar-refractivity contribution in [3.8, 4) is 0 Å². The molecule has 1 saturated carbocycles. The van der Waals surface area contributed by atoms with Crippen LogP contribution >= 0.6 is 0 Å². The van der Waals surface area contributed by atoms with Crippen molar-refractivity contribution in [2.45, 2.75) is 32.1 Å². The molecule has 1 aliphatic carbocycles. The Morgan fingerprint density at radius 1 is 1.09 bits per heavy atom. The van der Waals surface area contributed by atoms with Gasteiger partial charge in [-0.15, -0.1) is 0 Å². The first-order valence-electron chi connectivity index (χ1n) is 8.26. The maximum atomic E-state index is 12.3. The first-order valence-corrected chi connectivity index (χ1v) is 8.26. The Hall–Kier alpha value is -2.42. The van der Waals surface area contributed by atoms with E-state index in [1.807, 2.05) is 48.5 Å². The number of benzene rings is 2. The van der Waals surface area contributed by atoms with Crippen molar-refractivity contribution < 1.29 is 4.79 Å². The van der Waals surface area contributed by atoms with Crippen LogP contribution in [0.2, 0.25) is 0 Å². The van der Waals surface area contributed by atoms with Crippen molar-refractivity contribution in [2.75, 3.05) is 0 Å². The second kappa shape index (κ2) is 7.23. The van der Waals surface area contributed by atoms with E-state index < -0.39 is 0 Å². The Labute approximate surface area is 137 Å². The molecule has 0 bridgehead atoms. The lowest BCUT2D eigenvalue weighted by Crippen LogP contribution is -2.22. The molecule has 1 aliphatic rings. The summed E-state index contributed by atoms with van der Waals surface area (Å²) >= 11 is 0. The van der Waals surface area contributed by atoms with Gasteiger partial charge in [0.25, 0.3) is 0 Å². The minimum Gasteiger partial charge on any atom is -0.273 e. The fraction of sp³-hybridized carbons (Fsp3) is 0.300. The first-order chi connectivity index (χ1) is 11.3. The van der Waals surface area contributed by atoms with E-state index in [-0.39, 0.29) is 11.8 Å². The third-order valence-electron chi connectivity index (χ3n) is 4.25. The molecule has 0 aliphatic heterocycles. The highest BCUT2D eigenvalue weighted by Crippen LogP contribution is 2.47. The van der Waals surface area contributed by atoms with Gasteiger partial charge in [-0.05, 0) is 29.9 Å². The van der Waals surface area contributed by atoms with Crippen molar-refractivity contribution in [3.05, 3.63) is 71.8 Å². The third kappa shape index (κ3) is 3.86. The Kier molecular flexibility index (Phi) is 4.86. The van der Waals surface area contributed by atoms with Crippen LogP contribution in [0.3, 0.4) is 0 Å². The highest BCUT2D eigenvalue weighted by atomic mass is 16.2. The number of nitrogens with one attached hydrogen (secondary N) is 1. The summed E-state index contributed by atoms with van der Waals surface area (Å²) in [6.07, 6.45) is 2.77. The Bertz CT molecular complexity index is 679. The largest absolute Gasteiger partial charge is 0.273 e. The maximum absolute atomic E-state index is 12.3. The van der Waals surface area contributed by atoms with E-state index in [4.69, 9.17) is 0 Å². The van der Waals surface area contributed by atoms with Gasteiger partial charge in [0.05, 0.1) is 5.71 Å². The molecular formula is C20H22N2O. The topological polar surface area (TPSA) is 41.5 Å². The zero-order chi connectivity index (χ0) is 16.1. The summed E-state index contributed by atoms with van der Waals surface area (Å²) in [6, 6.07) is 20.3. The summed E-state index contributed by atoms with van der Waals surface area (Å²) in [6.45, 7) is 2.12. The van der Waals surface area contributed by atoms with Gasteiger partial charge >= 0.3 is 0 Å². The molecule has 23 heavy (non-hydrogen) atoms. The molecule has 1 fully saturated rings. The summed E-state index contributed by atoms with van der Waals surface area (Å²) < 4.78 is 0. The number of hydrogen-bond acceptors (Lipinski definition) is 2. The van der Waals surface area contributed by atoms with Gasteiger partial charge in [-0.3, -0.25) is 4.79 Å². The molecule has 3 nitrogen and oxygen atoms in total. The zero-order valence-corrected chi connectivity index (χ0v) is 13.4. The number of carbonyl (C=O) groups excluding carboxylic acids is 1. The van der Waals surface area contributed by atoms with Crippen molar-refractivity contribution in [1.29, 1.82) is 0 Å². The smallest absolute Gasteiger partial charge is 0.243 e. The molecular weight excluding hydrogens is 284 g/mol. The van der Waals surface area contributed by atoms with Gasteiger partial charge in [-0.1, -0.05) is 74.0 Å². The molecule has 2 aromatic carbocycles. The van der Waals surface area contributed by atoms with E-state index in [1.165, 1.54) is 5.56 Å². The summed E-state index contributed by atoms with van der Waals surface area (Å²) in [5, 5.41) is 4.39. The van der Waals surface area contributed by atoms with Gasteiger partial charge in [-0.2, -0.15) is 5.10 Å². The number of amides is 1. The third-order valence-corrected chi connectivity index (χ3v) is 4.25. The van der Waals surface area contributed by atoms with Gasteiger partial charge < -0.3 is 0 Å². The minimum atomic E-state index is 0.0309. The number of carbonyl (C=O) groups is 1. The second-order valence-corrected chi connectivity index (χ2v) is 6.01. The van der Waals surface area contributed by atoms with Crippen molar-refractivity contribution in [1.82, 2.24) is 5.43 Å². The van der Waals surface area contributed by atoms with Crippen LogP contribution in [0.15, 0.2) is 65.8 Å². The highest BCUT2D eigenvalue weighted by Gasteiger charge is 2.43. The van der Waals surface area contributed by atoms with Crippen molar-refractivity contribution in [3.63, 3.8) is 0 Å². The summed E-state index contributed by atoms with van der Waals surface area (Å²) in [5.74, 6) is 0.431. The van der Waals surface area contributed by atoms with Gasteiger partial charge in [-0.25, -0.2) is 5.43 Å². The van der Waals surface area contributed by atoms with Gasteiger partial charge in [0, 0.05) is 5.92 Å². The maximum Gasteiger partial charge on any atom is 0.243 e. The van der Waals surface area contributed by atoms with Gasteiger partial charge in [0.15, 0.2) is 0 Å². The lowest BCUT2D eigenvalue weighted by molar-refractivity contribution is -0.122. The number of rotatable bonds is 6. The predicted molar refractivity (Wildman–Crippen MR) is 93.3 cm³/mol. The normalized spacial score (nSPS) is 20.1. The Morgan fingerprint density at radius 2 is 1.74 bits per heavy atom. The molecule has 0 heterocycles. The van der Waals surface area contributed by atoms with Crippen molar-refractivity contribution >= 4 is 11.6 Å². The molecule has 0 radical (unpaired) electrons. The lowest BCUT2D eigenvalue weighted by Gasteiger charge is -2.06. The Balaban J connectivity index is 1.63. The van der Waals surface area contributed by atoms with E-state index >= 15 is 0 Å². The lowest BCUT2D eigenvalue weighted by atomic mass is 10.1. The van der Waals surface area contributed by atoms with E-state index in [2.05, 4.69) is 29.6 Å². The molecule has 3 heteroatoms. The molecule has 1 amide bonds. The van der Waals surface area contributed by atoms with Crippen LogP contribution in [-0.2, 0) is 4.79 Å². The fourth-order valence-corrected chi connectivity index (χ4v) is 2.89. The van der Waals surface area contributed by atoms with Gasteiger partial charge in [0.2, 0.25) is 5.91 Å². The minimum absolute atomic E-state index is 0.0309. The molecule has 2 aromatic rings. The van der Waals surface area contributed by atoms with E-state index in [1.54, 1.807) is 0 Å². The van der Waals surface area contributed by atoms with Crippen LogP contribution in [0.4, 0.5) is 0 Å². The van der Waals surface area contributed by atoms with Crippen LogP contribution in [0.5, 0.6) is 0 Å². The van der Waals surface area contributed by atoms with Gasteiger partial charge in [0.1, 0.15) is 0 Å². The monoisotopic (exact) mass is 306 g/mol. The standard InChI is InChI=1S/C20H22N2O/c1-2-9-19(16-12-7-4-8-13-16)21-22-20(23)18-14-17(18)15-10-5-3-6-11-15/h3-8,10-13,17-18H,2,9,14H2,1H3,(H,22,23)/b21-19+. The Morgan fingerprint density at radius 3 is 2.39 bits per heavy atom. The highest BCUT2D eigenvalue weighted by molar-refractivity contribution is 6.01.